The molecule has 1 saturated carbocycles. The molecule has 94 valence electrons. The predicted molar refractivity (Wildman–Crippen MR) is 65.5 cm³/mol. The van der Waals surface area contributed by atoms with Crippen molar-refractivity contribution in [3.05, 3.63) is 0 Å². The van der Waals surface area contributed by atoms with Crippen molar-refractivity contribution in [1.29, 1.82) is 0 Å². The first-order valence-corrected chi connectivity index (χ1v) is 6.41. The topological polar surface area (TPSA) is 49.3 Å². The third-order valence-corrected chi connectivity index (χ3v) is 3.85. The molecule has 2 N–H and O–H groups in total. The number of nitrogens with one attached hydrogen (secondary N) is 1. The summed E-state index contributed by atoms with van der Waals surface area (Å²) in [6, 6.07) is 0.403. The van der Waals surface area contributed by atoms with Crippen LogP contribution in [-0.4, -0.2) is 23.7 Å². The Morgan fingerprint density at radius 2 is 2.12 bits per heavy atom. The first kappa shape index (κ1) is 13.5. The summed E-state index contributed by atoms with van der Waals surface area (Å²) in [6.45, 7) is 7.68. The zero-order valence-corrected chi connectivity index (χ0v) is 10.8. The van der Waals surface area contributed by atoms with Gasteiger partial charge in [-0.25, -0.2) is 0 Å². The minimum absolute atomic E-state index is 0.129. The second-order valence-electron chi connectivity index (χ2n) is 5.80. The summed E-state index contributed by atoms with van der Waals surface area (Å²) in [4.78, 5) is 10.9. The zero-order valence-electron chi connectivity index (χ0n) is 10.8. The highest BCUT2D eigenvalue weighted by Crippen LogP contribution is 2.26. The van der Waals surface area contributed by atoms with Gasteiger partial charge in [0.15, 0.2) is 0 Å². The third-order valence-electron chi connectivity index (χ3n) is 3.85. The van der Waals surface area contributed by atoms with Crippen molar-refractivity contribution in [3.8, 4) is 0 Å². The first-order valence-electron chi connectivity index (χ1n) is 6.41. The Morgan fingerprint density at radius 3 is 2.69 bits per heavy atom. The number of carbonyl (C=O) groups is 1. The van der Waals surface area contributed by atoms with Gasteiger partial charge in [0, 0.05) is 12.6 Å². The average Bonchev–Trinajstić information content (AvgIpc) is 2.27. The Hall–Kier alpha value is -0.570. The summed E-state index contributed by atoms with van der Waals surface area (Å²) in [5, 5.41) is 12.5. The standard InChI is InChI=1S/C13H25NO2/c1-4-13(2,3)9-14-11-7-5-6-10(8-11)12(15)16/h10-11,14H,4-9H2,1-3H3,(H,15,16). The van der Waals surface area contributed by atoms with Gasteiger partial charge in [0.25, 0.3) is 0 Å². The van der Waals surface area contributed by atoms with Crippen LogP contribution in [0.1, 0.15) is 52.9 Å². The molecule has 2 unspecified atom stereocenters. The van der Waals surface area contributed by atoms with E-state index >= 15 is 0 Å². The summed E-state index contributed by atoms with van der Waals surface area (Å²) in [6.07, 6.45) is 4.97. The number of rotatable bonds is 5. The van der Waals surface area contributed by atoms with Crippen LogP contribution < -0.4 is 5.32 Å². The Labute approximate surface area is 98.6 Å². The summed E-state index contributed by atoms with van der Waals surface area (Å²) in [5.74, 6) is -0.753. The molecule has 3 heteroatoms. The Morgan fingerprint density at radius 1 is 1.44 bits per heavy atom. The van der Waals surface area contributed by atoms with Crippen LogP contribution in [0.2, 0.25) is 0 Å². The Balaban J connectivity index is 2.35. The molecule has 1 aliphatic rings. The summed E-state index contributed by atoms with van der Waals surface area (Å²) in [7, 11) is 0. The lowest BCUT2D eigenvalue weighted by atomic mass is 9.84. The molecule has 0 radical (unpaired) electrons. The largest absolute Gasteiger partial charge is 0.481 e. The molecule has 1 aliphatic carbocycles. The van der Waals surface area contributed by atoms with Crippen LogP contribution in [0.25, 0.3) is 0 Å². The molecule has 0 saturated heterocycles. The van der Waals surface area contributed by atoms with Gasteiger partial charge < -0.3 is 10.4 Å². The molecule has 0 aromatic rings. The van der Waals surface area contributed by atoms with Gasteiger partial charge in [-0.05, 0) is 31.1 Å². The van der Waals surface area contributed by atoms with Gasteiger partial charge in [-0.2, -0.15) is 0 Å². The fourth-order valence-electron chi connectivity index (χ4n) is 2.15. The zero-order chi connectivity index (χ0) is 12.2. The van der Waals surface area contributed by atoms with Gasteiger partial charge in [0.05, 0.1) is 5.92 Å². The molecule has 0 amide bonds. The summed E-state index contributed by atoms with van der Waals surface area (Å²) < 4.78 is 0. The number of carboxylic acid groups (broad SMARTS) is 1. The van der Waals surface area contributed by atoms with Crippen molar-refractivity contribution in [2.24, 2.45) is 11.3 Å². The highest BCUT2D eigenvalue weighted by molar-refractivity contribution is 5.70. The van der Waals surface area contributed by atoms with Crippen molar-refractivity contribution in [3.63, 3.8) is 0 Å². The van der Waals surface area contributed by atoms with Crippen molar-refractivity contribution in [1.82, 2.24) is 5.32 Å². The third kappa shape index (κ3) is 4.12. The van der Waals surface area contributed by atoms with E-state index in [1.807, 2.05) is 0 Å². The smallest absolute Gasteiger partial charge is 0.306 e. The maximum absolute atomic E-state index is 10.9. The second kappa shape index (κ2) is 5.67. The Kier molecular flexibility index (Phi) is 4.78. The maximum Gasteiger partial charge on any atom is 0.306 e. The van der Waals surface area contributed by atoms with Gasteiger partial charge in [-0.3, -0.25) is 4.79 Å². The maximum atomic E-state index is 10.9. The molecule has 0 bridgehead atoms. The number of carboxylic acids is 1. The Bertz CT molecular complexity index is 238. The predicted octanol–water partition coefficient (Wildman–Crippen LogP) is 2.66. The molecular formula is C13H25NO2. The molecule has 0 spiro atoms. The molecule has 0 heterocycles. The van der Waals surface area contributed by atoms with Crippen LogP contribution in [0.15, 0.2) is 0 Å². The van der Waals surface area contributed by atoms with Crippen LogP contribution in [0.5, 0.6) is 0 Å². The van der Waals surface area contributed by atoms with Gasteiger partial charge in [0.1, 0.15) is 0 Å². The van der Waals surface area contributed by atoms with Crippen LogP contribution in [-0.2, 0) is 4.79 Å². The number of hydrogen-bond acceptors (Lipinski definition) is 2. The van der Waals surface area contributed by atoms with Crippen LogP contribution in [0, 0.1) is 11.3 Å². The SMILES string of the molecule is CCC(C)(C)CNC1CCCC(C(=O)O)C1. The van der Waals surface area contributed by atoms with Gasteiger partial charge in [-0.15, -0.1) is 0 Å². The number of hydrogen-bond donors (Lipinski definition) is 2. The highest BCUT2D eigenvalue weighted by atomic mass is 16.4. The van der Waals surface area contributed by atoms with Crippen molar-refractivity contribution < 1.29 is 9.90 Å². The minimum atomic E-state index is -0.624. The highest BCUT2D eigenvalue weighted by Gasteiger charge is 2.27. The van der Waals surface area contributed by atoms with Gasteiger partial charge in [-0.1, -0.05) is 27.2 Å². The molecule has 16 heavy (non-hydrogen) atoms. The molecule has 3 nitrogen and oxygen atoms in total. The van der Waals surface area contributed by atoms with Gasteiger partial charge in [0.2, 0.25) is 0 Å². The quantitative estimate of drug-likeness (QED) is 0.759. The molecule has 1 rings (SSSR count). The molecule has 1 fully saturated rings. The molecule has 0 aliphatic heterocycles. The van der Waals surface area contributed by atoms with E-state index in [0.29, 0.717) is 11.5 Å². The lowest BCUT2D eigenvalue weighted by Crippen LogP contribution is -2.40. The second-order valence-corrected chi connectivity index (χ2v) is 5.80. The van der Waals surface area contributed by atoms with Gasteiger partial charge >= 0.3 is 5.97 Å². The minimum Gasteiger partial charge on any atom is -0.481 e. The summed E-state index contributed by atoms with van der Waals surface area (Å²) in [5.41, 5.74) is 0.316. The molecule has 0 aromatic carbocycles. The average molecular weight is 227 g/mol. The summed E-state index contributed by atoms with van der Waals surface area (Å²) >= 11 is 0. The first-order chi connectivity index (χ1) is 7.44. The van der Waals surface area contributed by atoms with Crippen LogP contribution in [0.3, 0.4) is 0 Å². The van der Waals surface area contributed by atoms with E-state index in [4.69, 9.17) is 5.11 Å². The van der Waals surface area contributed by atoms with E-state index in [2.05, 4.69) is 26.1 Å². The molecule has 2 atom stereocenters. The lowest BCUT2D eigenvalue weighted by Gasteiger charge is -2.31. The van der Waals surface area contributed by atoms with E-state index in [1.165, 1.54) is 0 Å². The number of aliphatic carboxylic acids is 1. The normalized spacial score (nSPS) is 26.7. The van der Waals surface area contributed by atoms with E-state index in [9.17, 15) is 4.79 Å². The van der Waals surface area contributed by atoms with Crippen molar-refractivity contribution in [2.75, 3.05) is 6.54 Å². The fraction of sp³-hybridized carbons (Fsp3) is 0.923. The fourth-order valence-corrected chi connectivity index (χ4v) is 2.15. The van der Waals surface area contributed by atoms with Crippen LogP contribution in [0.4, 0.5) is 0 Å². The van der Waals surface area contributed by atoms with E-state index in [-0.39, 0.29) is 5.92 Å². The van der Waals surface area contributed by atoms with E-state index < -0.39 is 5.97 Å². The molecular weight excluding hydrogens is 202 g/mol. The van der Waals surface area contributed by atoms with Crippen molar-refractivity contribution in [2.45, 2.75) is 58.9 Å². The monoisotopic (exact) mass is 227 g/mol. The van der Waals surface area contributed by atoms with E-state index in [1.54, 1.807) is 0 Å². The van der Waals surface area contributed by atoms with Crippen molar-refractivity contribution >= 4 is 5.97 Å². The van der Waals surface area contributed by atoms with E-state index in [0.717, 1.165) is 38.6 Å². The lowest BCUT2D eigenvalue weighted by molar-refractivity contribution is -0.143. The molecule has 0 aromatic heterocycles. The van der Waals surface area contributed by atoms with Crippen LogP contribution >= 0.6 is 0 Å².